The molecular formula is C17H23N5O2. The Kier molecular flexibility index (Phi) is 5.10. The van der Waals surface area contributed by atoms with E-state index in [1.807, 2.05) is 31.1 Å². The van der Waals surface area contributed by atoms with Crippen LogP contribution >= 0.6 is 0 Å². The number of anilines is 1. The van der Waals surface area contributed by atoms with Gasteiger partial charge in [-0.05, 0) is 25.0 Å². The maximum Gasteiger partial charge on any atom is 0.226 e. The molecule has 2 atom stereocenters. The number of aromatic nitrogens is 3. The number of carbonyl (C=O) groups excluding carboxylic acids is 1. The molecule has 1 saturated heterocycles. The van der Waals surface area contributed by atoms with Gasteiger partial charge in [0.25, 0.3) is 0 Å². The molecule has 1 amide bonds. The van der Waals surface area contributed by atoms with Crippen LogP contribution in [0.25, 0.3) is 0 Å². The first kappa shape index (κ1) is 16.4. The second-order valence-corrected chi connectivity index (χ2v) is 6.15. The highest BCUT2D eigenvalue weighted by molar-refractivity contribution is 5.79. The predicted molar refractivity (Wildman–Crippen MR) is 90.4 cm³/mol. The van der Waals surface area contributed by atoms with E-state index in [1.54, 1.807) is 18.6 Å². The number of hydrogen-bond donors (Lipinski definition) is 2. The van der Waals surface area contributed by atoms with Gasteiger partial charge in [0, 0.05) is 38.7 Å². The highest BCUT2D eigenvalue weighted by Gasteiger charge is 2.33. The van der Waals surface area contributed by atoms with Crippen LogP contribution in [0.2, 0.25) is 0 Å². The number of nitrogens with one attached hydrogen (secondary N) is 2. The molecule has 0 saturated carbocycles. The van der Waals surface area contributed by atoms with Crippen molar-refractivity contribution in [3.05, 3.63) is 42.0 Å². The lowest BCUT2D eigenvalue weighted by molar-refractivity contribution is -0.134. The number of amides is 1. The molecule has 2 aromatic rings. The van der Waals surface area contributed by atoms with Crippen molar-refractivity contribution in [3.63, 3.8) is 0 Å². The Hall–Kier alpha value is -2.41. The van der Waals surface area contributed by atoms with Gasteiger partial charge < -0.3 is 15.0 Å². The van der Waals surface area contributed by atoms with E-state index in [9.17, 15) is 4.79 Å². The highest BCUT2D eigenvalue weighted by Crippen LogP contribution is 2.33. The van der Waals surface area contributed by atoms with Gasteiger partial charge in [0.2, 0.25) is 5.91 Å². The zero-order valence-electron chi connectivity index (χ0n) is 14.0. The van der Waals surface area contributed by atoms with E-state index in [-0.39, 0.29) is 17.9 Å². The predicted octanol–water partition coefficient (Wildman–Crippen LogP) is 1.65. The minimum atomic E-state index is -0.241. The standard InChI is InChI=1S/C17H23N5O2/c1-22(2)15-6-3-7-18-14(15)11-19-17(23)13-5-4-8-24-16(13)12-9-20-21-10-12/h3,6-7,9-10,13,16H,4-5,8,11H2,1-2H3,(H,19,23)(H,20,21)/t13-,16+/m1/s1. The number of nitrogens with zero attached hydrogens (tertiary/aromatic N) is 3. The third kappa shape index (κ3) is 3.56. The van der Waals surface area contributed by atoms with Crippen LogP contribution < -0.4 is 10.2 Å². The lowest BCUT2D eigenvalue weighted by Gasteiger charge is -2.30. The lowest BCUT2D eigenvalue weighted by Crippen LogP contribution is -2.37. The van der Waals surface area contributed by atoms with E-state index in [1.165, 1.54) is 0 Å². The minimum Gasteiger partial charge on any atom is -0.376 e. The smallest absolute Gasteiger partial charge is 0.226 e. The van der Waals surface area contributed by atoms with Crippen LogP contribution in [0.5, 0.6) is 0 Å². The number of pyridine rings is 1. The van der Waals surface area contributed by atoms with Crippen molar-refractivity contribution in [2.75, 3.05) is 25.6 Å². The molecule has 2 aromatic heterocycles. The van der Waals surface area contributed by atoms with Crippen molar-refractivity contribution in [2.24, 2.45) is 5.92 Å². The normalized spacial score (nSPS) is 20.6. The van der Waals surface area contributed by atoms with E-state index >= 15 is 0 Å². The Morgan fingerprint density at radius 2 is 2.38 bits per heavy atom. The van der Waals surface area contributed by atoms with Crippen molar-refractivity contribution in [2.45, 2.75) is 25.5 Å². The van der Waals surface area contributed by atoms with Crippen LogP contribution in [0.4, 0.5) is 5.69 Å². The first-order valence-corrected chi connectivity index (χ1v) is 8.16. The average Bonchev–Trinajstić information content (AvgIpc) is 3.14. The summed E-state index contributed by atoms with van der Waals surface area (Å²) < 4.78 is 5.83. The Bertz CT molecular complexity index is 671. The van der Waals surface area contributed by atoms with Crippen molar-refractivity contribution < 1.29 is 9.53 Å². The molecule has 3 rings (SSSR count). The summed E-state index contributed by atoms with van der Waals surface area (Å²) >= 11 is 0. The van der Waals surface area contributed by atoms with Gasteiger partial charge in [0.1, 0.15) is 0 Å². The number of aromatic amines is 1. The summed E-state index contributed by atoms with van der Waals surface area (Å²) in [6, 6.07) is 3.89. The second kappa shape index (κ2) is 7.44. The Morgan fingerprint density at radius 3 is 3.12 bits per heavy atom. The van der Waals surface area contributed by atoms with Gasteiger partial charge in [-0.1, -0.05) is 0 Å². The molecule has 3 heterocycles. The summed E-state index contributed by atoms with van der Waals surface area (Å²) in [7, 11) is 3.93. The highest BCUT2D eigenvalue weighted by atomic mass is 16.5. The molecule has 0 radical (unpaired) electrons. The maximum absolute atomic E-state index is 12.7. The van der Waals surface area contributed by atoms with Crippen LogP contribution in [0.3, 0.4) is 0 Å². The number of H-pyrrole nitrogens is 1. The Morgan fingerprint density at radius 1 is 1.50 bits per heavy atom. The first-order chi connectivity index (χ1) is 11.7. The fraction of sp³-hybridized carbons (Fsp3) is 0.471. The maximum atomic E-state index is 12.7. The monoisotopic (exact) mass is 329 g/mol. The second-order valence-electron chi connectivity index (χ2n) is 6.15. The Balaban J connectivity index is 1.68. The summed E-state index contributed by atoms with van der Waals surface area (Å²) in [6.45, 7) is 1.08. The molecule has 24 heavy (non-hydrogen) atoms. The van der Waals surface area contributed by atoms with E-state index in [2.05, 4.69) is 20.5 Å². The van der Waals surface area contributed by atoms with E-state index in [0.29, 0.717) is 13.2 Å². The Labute approximate surface area is 141 Å². The fourth-order valence-electron chi connectivity index (χ4n) is 3.07. The average molecular weight is 329 g/mol. The topological polar surface area (TPSA) is 83.1 Å². The van der Waals surface area contributed by atoms with Gasteiger partial charge >= 0.3 is 0 Å². The quantitative estimate of drug-likeness (QED) is 0.871. The fourth-order valence-corrected chi connectivity index (χ4v) is 3.07. The molecule has 1 fully saturated rings. The third-order valence-corrected chi connectivity index (χ3v) is 4.29. The third-order valence-electron chi connectivity index (χ3n) is 4.29. The molecule has 7 heteroatoms. The molecule has 128 valence electrons. The number of rotatable bonds is 5. The molecule has 1 aliphatic heterocycles. The van der Waals surface area contributed by atoms with Crippen LogP contribution in [0.1, 0.15) is 30.2 Å². The van der Waals surface area contributed by atoms with Crippen LogP contribution in [-0.4, -0.2) is 41.8 Å². The summed E-state index contributed by atoms with van der Waals surface area (Å²) in [5.74, 6) is -0.209. The molecule has 0 bridgehead atoms. The van der Waals surface area contributed by atoms with E-state index in [4.69, 9.17) is 4.74 Å². The van der Waals surface area contributed by atoms with Gasteiger partial charge in [-0.15, -0.1) is 0 Å². The minimum absolute atomic E-state index is 0.00346. The van der Waals surface area contributed by atoms with E-state index in [0.717, 1.165) is 29.8 Å². The van der Waals surface area contributed by atoms with E-state index < -0.39 is 0 Å². The zero-order valence-corrected chi connectivity index (χ0v) is 14.0. The number of hydrogen-bond acceptors (Lipinski definition) is 5. The first-order valence-electron chi connectivity index (χ1n) is 8.16. The van der Waals surface area contributed by atoms with Gasteiger partial charge in [-0.2, -0.15) is 5.10 Å². The van der Waals surface area contributed by atoms with Crippen LogP contribution in [-0.2, 0) is 16.1 Å². The van der Waals surface area contributed by atoms with Crippen molar-refractivity contribution >= 4 is 11.6 Å². The van der Waals surface area contributed by atoms with Crippen molar-refractivity contribution in [1.82, 2.24) is 20.5 Å². The van der Waals surface area contributed by atoms with Gasteiger partial charge in [-0.25, -0.2) is 0 Å². The molecule has 1 aliphatic rings. The molecule has 0 spiro atoms. The van der Waals surface area contributed by atoms with Crippen LogP contribution in [0.15, 0.2) is 30.7 Å². The summed E-state index contributed by atoms with van der Waals surface area (Å²) in [5.41, 5.74) is 2.78. The molecule has 2 N–H and O–H groups in total. The van der Waals surface area contributed by atoms with Crippen molar-refractivity contribution in [3.8, 4) is 0 Å². The number of ether oxygens (including phenoxy) is 1. The molecular weight excluding hydrogens is 306 g/mol. The van der Waals surface area contributed by atoms with Crippen molar-refractivity contribution in [1.29, 1.82) is 0 Å². The molecule has 7 nitrogen and oxygen atoms in total. The summed E-state index contributed by atoms with van der Waals surface area (Å²) in [4.78, 5) is 19.1. The van der Waals surface area contributed by atoms with Gasteiger partial charge in [-0.3, -0.25) is 14.9 Å². The van der Waals surface area contributed by atoms with Crippen LogP contribution in [0, 0.1) is 5.92 Å². The number of carbonyl (C=O) groups is 1. The molecule has 0 aromatic carbocycles. The summed E-state index contributed by atoms with van der Waals surface area (Å²) in [5, 5.41) is 9.77. The van der Waals surface area contributed by atoms with Gasteiger partial charge in [0.15, 0.2) is 0 Å². The largest absolute Gasteiger partial charge is 0.376 e. The summed E-state index contributed by atoms with van der Waals surface area (Å²) in [6.07, 6.45) is 6.71. The lowest BCUT2D eigenvalue weighted by atomic mass is 9.90. The SMILES string of the molecule is CN(C)c1cccnc1CNC(=O)[C@@H]1CCCO[C@H]1c1cn[nH]c1. The molecule has 0 unspecified atom stereocenters. The van der Waals surface area contributed by atoms with Gasteiger partial charge in [0.05, 0.1) is 36.1 Å². The molecule has 0 aliphatic carbocycles. The zero-order chi connectivity index (χ0) is 16.9.